The summed E-state index contributed by atoms with van der Waals surface area (Å²) in [5.74, 6) is 0.702. The summed E-state index contributed by atoms with van der Waals surface area (Å²) in [4.78, 5) is 11.8. The van der Waals surface area contributed by atoms with Crippen LogP contribution in [0.3, 0.4) is 0 Å². The van der Waals surface area contributed by atoms with E-state index in [9.17, 15) is 13.2 Å². The summed E-state index contributed by atoms with van der Waals surface area (Å²) in [6, 6.07) is 6.10. The number of alkyl halides is 3. The molecule has 0 saturated heterocycles. The highest BCUT2D eigenvalue weighted by Crippen LogP contribution is 2.44. The van der Waals surface area contributed by atoms with Gasteiger partial charge in [0.25, 0.3) is 5.19 Å². The van der Waals surface area contributed by atoms with Crippen LogP contribution in [0, 0.1) is 0 Å². The average molecular weight is 461 g/mol. The van der Waals surface area contributed by atoms with Gasteiger partial charge in [0, 0.05) is 12.3 Å². The van der Waals surface area contributed by atoms with Gasteiger partial charge >= 0.3 is 6.18 Å². The second-order valence-electron chi connectivity index (χ2n) is 5.60. The van der Waals surface area contributed by atoms with Gasteiger partial charge in [0.15, 0.2) is 11.3 Å². The number of hydrogen-bond acceptors (Lipinski definition) is 6. The van der Waals surface area contributed by atoms with Crippen LogP contribution in [0.1, 0.15) is 5.69 Å². The molecule has 4 aromatic rings. The van der Waals surface area contributed by atoms with E-state index in [1.54, 1.807) is 12.1 Å². The third kappa shape index (κ3) is 3.70. The van der Waals surface area contributed by atoms with Crippen molar-refractivity contribution in [1.29, 1.82) is 0 Å². The molecule has 0 saturated carbocycles. The molecule has 0 atom stereocenters. The Morgan fingerprint density at radius 1 is 1.14 bits per heavy atom. The molecule has 0 unspecified atom stereocenters. The van der Waals surface area contributed by atoms with Gasteiger partial charge in [-0.25, -0.2) is 9.97 Å². The second-order valence-corrected chi connectivity index (χ2v) is 7.57. The zero-order valence-corrected chi connectivity index (χ0v) is 16.7. The van der Waals surface area contributed by atoms with Crippen LogP contribution in [-0.4, -0.2) is 26.5 Å². The van der Waals surface area contributed by atoms with Gasteiger partial charge in [-0.2, -0.15) is 18.2 Å². The largest absolute Gasteiger partial charge is 0.481 e. The van der Waals surface area contributed by atoms with Crippen molar-refractivity contribution in [2.45, 2.75) is 6.18 Å². The van der Waals surface area contributed by atoms with Gasteiger partial charge in [0.1, 0.15) is 21.5 Å². The minimum Gasteiger partial charge on any atom is -0.481 e. The first-order chi connectivity index (χ1) is 13.8. The first-order valence-electron chi connectivity index (χ1n) is 7.86. The van der Waals surface area contributed by atoms with Crippen molar-refractivity contribution >= 4 is 40.2 Å². The lowest BCUT2D eigenvalue weighted by Gasteiger charge is -2.06. The molecule has 0 fully saturated rings. The number of nitrogens with zero attached hydrogens (tertiary/aromatic N) is 4. The first-order valence-corrected chi connectivity index (χ1v) is 9.43. The van der Waals surface area contributed by atoms with Crippen molar-refractivity contribution in [3.63, 3.8) is 0 Å². The van der Waals surface area contributed by atoms with Crippen molar-refractivity contribution < 1.29 is 22.6 Å². The van der Waals surface area contributed by atoms with Crippen LogP contribution in [-0.2, 0) is 6.18 Å². The standard InChI is InChI=1S/C17H9Cl2F3N4O2S/c1-27-10-5-4-8(7-23-10)28-16-24-11(14(19)29-16)12-13(17(20,21)22)25-15-9(18)3-2-6-26(12)15/h2-7H,1H3. The molecule has 4 rings (SSSR count). The molecule has 29 heavy (non-hydrogen) atoms. The second kappa shape index (κ2) is 7.36. The molecule has 0 radical (unpaired) electrons. The fourth-order valence-corrected chi connectivity index (χ4v) is 3.78. The molecule has 0 bridgehead atoms. The Morgan fingerprint density at radius 3 is 2.59 bits per heavy atom. The Labute approximate surface area is 175 Å². The molecular weight excluding hydrogens is 452 g/mol. The lowest BCUT2D eigenvalue weighted by Crippen LogP contribution is -2.08. The van der Waals surface area contributed by atoms with Crippen LogP contribution in [0.5, 0.6) is 16.8 Å². The highest BCUT2D eigenvalue weighted by molar-refractivity contribution is 7.18. The van der Waals surface area contributed by atoms with E-state index >= 15 is 0 Å². The zero-order chi connectivity index (χ0) is 20.8. The Kier molecular flexibility index (Phi) is 5.01. The van der Waals surface area contributed by atoms with Gasteiger partial charge in [0.2, 0.25) is 5.88 Å². The Hall–Kier alpha value is -2.56. The van der Waals surface area contributed by atoms with E-state index < -0.39 is 11.9 Å². The molecule has 6 nitrogen and oxygen atoms in total. The lowest BCUT2D eigenvalue weighted by molar-refractivity contribution is -0.140. The molecule has 0 aromatic carbocycles. The summed E-state index contributed by atoms with van der Waals surface area (Å²) in [6.07, 6.45) is -1.94. The fourth-order valence-electron chi connectivity index (χ4n) is 2.58. The van der Waals surface area contributed by atoms with Crippen LogP contribution < -0.4 is 9.47 Å². The number of imidazole rings is 1. The minimum atomic E-state index is -4.74. The number of rotatable bonds is 4. The SMILES string of the molecule is COc1ccc(Oc2nc(-c3c(C(F)(F)F)nc4c(Cl)cccn34)c(Cl)s2)cn1. The molecule has 150 valence electrons. The highest BCUT2D eigenvalue weighted by Gasteiger charge is 2.40. The summed E-state index contributed by atoms with van der Waals surface area (Å²) < 4.78 is 52.6. The number of ether oxygens (including phenoxy) is 2. The van der Waals surface area contributed by atoms with Crippen LogP contribution in [0.15, 0.2) is 36.7 Å². The fraction of sp³-hybridized carbons (Fsp3) is 0.118. The summed E-state index contributed by atoms with van der Waals surface area (Å²) in [6.45, 7) is 0. The predicted molar refractivity (Wildman–Crippen MR) is 102 cm³/mol. The van der Waals surface area contributed by atoms with E-state index in [1.165, 1.54) is 36.0 Å². The maximum Gasteiger partial charge on any atom is 0.435 e. The number of thiazole rings is 1. The molecule has 4 aromatic heterocycles. The number of fused-ring (bicyclic) bond motifs is 1. The normalized spacial score (nSPS) is 11.8. The summed E-state index contributed by atoms with van der Waals surface area (Å²) in [5, 5.41) is 0.110. The van der Waals surface area contributed by atoms with Crippen molar-refractivity contribution in [3.8, 4) is 28.2 Å². The van der Waals surface area contributed by atoms with Crippen molar-refractivity contribution in [1.82, 2.24) is 19.4 Å². The number of methoxy groups -OCH3 is 1. The lowest BCUT2D eigenvalue weighted by atomic mass is 10.2. The third-order valence-corrected chi connectivity index (χ3v) is 5.21. The highest BCUT2D eigenvalue weighted by atomic mass is 35.5. The number of halogens is 5. The van der Waals surface area contributed by atoms with E-state index in [0.717, 1.165) is 11.3 Å². The van der Waals surface area contributed by atoms with Crippen molar-refractivity contribution in [2.75, 3.05) is 7.11 Å². The number of aromatic nitrogens is 4. The molecule has 0 amide bonds. The predicted octanol–water partition coefficient (Wildman–Crippen LogP) is 5.98. The summed E-state index contributed by atoms with van der Waals surface area (Å²) in [7, 11) is 1.47. The molecular formula is C17H9Cl2F3N4O2S. The minimum absolute atomic E-state index is 0.00810. The van der Waals surface area contributed by atoms with Crippen molar-refractivity contribution in [3.05, 3.63) is 51.7 Å². The maximum absolute atomic E-state index is 13.6. The zero-order valence-electron chi connectivity index (χ0n) is 14.4. The quantitative estimate of drug-likeness (QED) is 0.374. The van der Waals surface area contributed by atoms with Crippen LogP contribution in [0.4, 0.5) is 13.2 Å². The van der Waals surface area contributed by atoms with E-state index in [0.29, 0.717) is 11.6 Å². The van der Waals surface area contributed by atoms with Gasteiger partial charge in [-0.1, -0.05) is 34.5 Å². The van der Waals surface area contributed by atoms with Gasteiger partial charge < -0.3 is 9.47 Å². The molecule has 0 aliphatic carbocycles. The summed E-state index contributed by atoms with van der Waals surface area (Å²) in [5.41, 5.74) is -1.63. The third-order valence-electron chi connectivity index (χ3n) is 3.78. The van der Waals surface area contributed by atoms with Gasteiger partial charge in [-0.05, 0) is 18.2 Å². The molecule has 12 heteroatoms. The van der Waals surface area contributed by atoms with Crippen LogP contribution in [0.25, 0.3) is 17.0 Å². The monoisotopic (exact) mass is 460 g/mol. The number of hydrogen-bond donors (Lipinski definition) is 0. The molecule has 0 N–H and O–H groups in total. The summed E-state index contributed by atoms with van der Waals surface area (Å²) >= 11 is 13.1. The van der Waals surface area contributed by atoms with Crippen LogP contribution >= 0.6 is 34.5 Å². The van der Waals surface area contributed by atoms with E-state index in [1.807, 2.05) is 0 Å². The Balaban J connectivity index is 1.81. The first kappa shape index (κ1) is 19.7. The molecule has 0 spiro atoms. The van der Waals surface area contributed by atoms with E-state index in [-0.39, 0.29) is 31.6 Å². The average Bonchev–Trinajstić information content (AvgIpc) is 3.23. The van der Waals surface area contributed by atoms with E-state index in [2.05, 4.69) is 15.0 Å². The van der Waals surface area contributed by atoms with Crippen molar-refractivity contribution in [2.24, 2.45) is 0 Å². The van der Waals surface area contributed by atoms with E-state index in [4.69, 9.17) is 32.7 Å². The van der Waals surface area contributed by atoms with Gasteiger partial charge in [-0.3, -0.25) is 4.40 Å². The van der Waals surface area contributed by atoms with Gasteiger partial charge in [-0.15, -0.1) is 0 Å². The Morgan fingerprint density at radius 2 is 1.93 bits per heavy atom. The smallest absolute Gasteiger partial charge is 0.435 e. The van der Waals surface area contributed by atoms with Gasteiger partial charge in [0.05, 0.1) is 18.3 Å². The number of pyridine rings is 2. The molecule has 0 aliphatic rings. The molecule has 4 heterocycles. The Bertz CT molecular complexity index is 1190. The molecule has 0 aliphatic heterocycles. The topological polar surface area (TPSA) is 61.5 Å². The maximum atomic E-state index is 13.6. The van der Waals surface area contributed by atoms with Crippen LogP contribution in [0.2, 0.25) is 9.36 Å².